The second-order valence-corrected chi connectivity index (χ2v) is 5.60. The molecule has 0 saturated heterocycles. The normalized spacial score (nSPS) is 10.6. The molecule has 0 radical (unpaired) electrons. The highest BCUT2D eigenvalue weighted by molar-refractivity contribution is 9.10. The predicted octanol–water partition coefficient (Wildman–Crippen LogP) is 3.50. The largest absolute Gasteiger partial charge is 0.493 e. The molecule has 2 aromatic rings. The van der Waals surface area contributed by atoms with Crippen molar-refractivity contribution in [2.45, 2.75) is 6.54 Å². The molecular weight excluding hydrogens is 378 g/mol. The lowest BCUT2D eigenvalue weighted by atomic mass is 10.2. The minimum absolute atomic E-state index is 0.0253. The van der Waals surface area contributed by atoms with Crippen LogP contribution in [0.4, 0.5) is 5.69 Å². The Morgan fingerprint density at radius 1 is 1.21 bits per heavy atom. The van der Waals surface area contributed by atoms with Crippen LogP contribution in [0.3, 0.4) is 0 Å². The molecule has 0 aliphatic carbocycles. The molecule has 0 aliphatic rings. The Balaban J connectivity index is 1.99. The van der Waals surface area contributed by atoms with Gasteiger partial charge in [-0.1, -0.05) is 6.07 Å². The molecule has 0 aliphatic heterocycles. The molecule has 7 nitrogen and oxygen atoms in total. The number of hydrogen-bond donors (Lipinski definition) is 1. The molecule has 1 N–H and O–H groups in total. The number of hydrazone groups is 1. The van der Waals surface area contributed by atoms with E-state index in [0.717, 1.165) is 11.1 Å². The van der Waals surface area contributed by atoms with Crippen LogP contribution in [-0.4, -0.2) is 25.4 Å². The molecule has 24 heavy (non-hydrogen) atoms. The number of rotatable bonds is 7. The third kappa shape index (κ3) is 4.45. The van der Waals surface area contributed by atoms with Crippen LogP contribution < -0.4 is 14.9 Å². The fraction of sp³-hybridized carbons (Fsp3) is 0.188. The van der Waals surface area contributed by atoms with Crippen molar-refractivity contribution < 1.29 is 14.4 Å². The molecule has 0 atom stereocenters. The first-order valence-electron chi connectivity index (χ1n) is 6.96. The molecule has 2 aromatic carbocycles. The van der Waals surface area contributed by atoms with E-state index < -0.39 is 4.92 Å². The Labute approximate surface area is 147 Å². The summed E-state index contributed by atoms with van der Waals surface area (Å²) in [6.07, 6.45) is 1.59. The lowest BCUT2D eigenvalue weighted by Crippen LogP contribution is -2.06. The fourth-order valence-electron chi connectivity index (χ4n) is 1.98. The van der Waals surface area contributed by atoms with Crippen LogP contribution in [0.15, 0.2) is 46.0 Å². The van der Waals surface area contributed by atoms with Crippen LogP contribution in [0, 0.1) is 10.1 Å². The molecular formula is C16H16BrN3O4. The molecule has 2 rings (SSSR count). The number of hydrogen-bond acceptors (Lipinski definition) is 6. The van der Waals surface area contributed by atoms with Crippen molar-refractivity contribution in [2.75, 3.05) is 14.2 Å². The SMILES string of the molecule is COc1ccc(CN/N=C/c2ccc([N+](=O)[O-])cc2Br)cc1OC. The first-order valence-corrected chi connectivity index (χ1v) is 7.75. The van der Waals surface area contributed by atoms with Crippen molar-refractivity contribution in [1.29, 1.82) is 0 Å². The highest BCUT2D eigenvalue weighted by Crippen LogP contribution is 2.27. The Morgan fingerprint density at radius 3 is 2.58 bits per heavy atom. The van der Waals surface area contributed by atoms with Gasteiger partial charge in [-0.2, -0.15) is 5.10 Å². The summed E-state index contributed by atoms with van der Waals surface area (Å²) in [6, 6.07) is 10.1. The lowest BCUT2D eigenvalue weighted by molar-refractivity contribution is -0.384. The van der Waals surface area contributed by atoms with E-state index in [9.17, 15) is 10.1 Å². The van der Waals surface area contributed by atoms with Crippen molar-refractivity contribution in [1.82, 2.24) is 5.43 Å². The number of nitrogens with zero attached hydrogens (tertiary/aromatic N) is 2. The number of nitro groups is 1. The second kappa shape index (κ2) is 8.30. The molecule has 0 unspecified atom stereocenters. The topological polar surface area (TPSA) is 86.0 Å². The maximum atomic E-state index is 10.7. The van der Waals surface area contributed by atoms with Gasteiger partial charge in [-0.05, 0) is 39.7 Å². The number of ether oxygens (including phenoxy) is 2. The van der Waals surface area contributed by atoms with Crippen molar-refractivity contribution in [3.63, 3.8) is 0 Å². The van der Waals surface area contributed by atoms with E-state index in [1.807, 2.05) is 18.2 Å². The minimum Gasteiger partial charge on any atom is -0.493 e. The molecule has 0 fully saturated rings. The van der Waals surface area contributed by atoms with E-state index in [1.165, 1.54) is 12.1 Å². The molecule has 0 spiro atoms. The van der Waals surface area contributed by atoms with Gasteiger partial charge in [-0.3, -0.25) is 10.1 Å². The highest BCUT2D eigenvalue weighted by Gasteiger charge is 2.07. The number of methoxy groups -OCH3 is 2. The van der Waals surface area contributed by atoms with Gasteiger partial charge in [0.2, 0.25) is 0 Å². The van der Waals surface area contributed by atoms with Crippen molar-refractivity contribution in [3.05, 3.63) is 62.1 Å². The third-order valence-electron chi connectivity index (χ3n) is 3.22. The zero-order valence-corrected chi connectivity index (χ0v) is 14.7. The molecule has 8 heteroatoms. The van der Waals surface area contributed by atoms with Gasteiger partial charge in [-0.25, -0.2) is 0 Å². The second-order valence-electron chi connectivity index (χ2n) is 4.75. The van der Waals surface area contributed by atoms with Crippen LogP contribution in [0.1, 0.15) is 11.1 Å². The van der Waals surface area contributed by atoms with Crippen LogP contribution >= 0.6 is 15.9 Å². The van der Waals surface area contributed by atoms with Gasteiger partial charge < -0.3 is 14.9 Å². The fourth-order valence-corrected chi connectivity index (χ4v) is 2.45. The first-order chi connectivity index (χ1) is 11.5. The Hall–Kier alpha value is -2.61. The van der Waals surface area contributed by atoms with Gasteiger partial charge in [0.25, 0.3) is 5.69 Å². The molecule has 0 heterocycles. The van der Waals surface area contributed by atoms with E-state index in [1.54, 1.807) is 26.5 Å². The van der Waals surface area contributed by atoms with Crippen LogP contribution in [0.5, 0.6) is 11.5 Å². The molecule has 0 saturated carbocycles. The summed E-state index contributed by atoms with van der Waals surface area (Å²) in [4.78, 5) is 10.3. The minimum atomic E-state index is -0.443. The van der Waals surface area contributed by atoms with Crippen molar-refractivity contribution in [2.24, 2.45) is 5.10 Å². The number of non-ortho nitro benzene ring substituents is 1. The zero-order chi connectivity index (χ0) is 17.5. The van der Waals surface area contributed by atoms with Crippen LogP contribution in [0.25, 0.3) is 0 Å². The molecule has 0 amide bonds. The summed E-state index contributed by atoms with van der Waals surface area (Å²) in [6.45, 7) is 0.501. The summed E-state index contributed by atoms with van der Waals surface area (Å²) in [7, 11) is 3.17. The van der Waals surface area contributed by atoms with Crippen molar-refractivity contribution in [3.8, 4) is 11.5 Å². The standard InChI is InChI=1S/C16H16BrN3O4/c1-23-15-6-3-11(7-16(15)24-2)9-18-19-10-12-4-5-13(20(21)22)8-14(12)17/h3-8,10,18H,9H2,1-2H3/b19-10+. The number of benzene rings is 2. The quantitative estimate of drug-likeness (QED) is 0.441. The summed E-state index contributed by atoms with van der Waals surface area (Å²) in [5.41, 5.74) is 4.66. The Bertz CT molecular complexity index is 765. The molecule has 0 bridgehead atoms. The summed E-state index contributed by atoms with van der Waals surface area (Å²) in [5, 5.41) is 14.8. The van der Waals surface area contributed by atoms with E-state index >= 15 is 0 Å². The maximum Gasteiger partial charge on any atom is 0.270 e. The molecule has 126 valence electrons. The summed E-state index contributed by atoms with van der Waals surface area (Å²) < 4.78 is 11.0. The monoisotopic (exact) mass is 393 g/mol. The number of nitro benzene ring substituents is 1. The molecule has 0 aromatic heterocycles. The van der Waals surface area contributed by atoms with Gasteiger partial charge >= 0.3 is 0 Å². The van der Waals surface area contributed by atoms with Gasteiger partial charge in [0.1, 0.15) is 0 Å². The zero-order valence-electron chi connectivity index (χ0n) is 13.2. The number of nitrogens with one attached hydrogen (secondary N) is 1. The highest BCUT2D eigenvalue weighted by atomic mass is 79.9. The predicted molar refractivity (Wildman–Crippen MR) is 94.8 cm³/mol. The maximum absolute atomic E-state index is 10.7. The summed E-state index contributed by atoms with van der Waals surface area (Å²) in [5.74, 6) is 1.32. The van der Waals surface area contributed by atoms with E-state index in [4.69, 9.17) is 9.47 Å². The van der Waals surface area contributed by atoms with Gasteiger partial charge in [-0.15, -0.1) is 0 Å². The van der Waals surface area contributed by atoms with Gasteiger partial charge in [0.05, 0.1) is 31.9 Å². The Kier molecular flexibility index (Phi) is 6.14. The average molecular weight is 394 g/mol. The number of halogens is 1. The van der Waals surface area contributed by atoms with Crippen LogP contribution in [0.2, 0.25) is 0 Å². The van der Waals surface area contributed by atoms with Crippen LogP contribution in [-0.2, 0) is 6.54 Å². The lowest BCUT2D eigenvalue weighted by Gasteiger charge is -2.09. The summed E-state index contributed by atoms with van der Waals surface area (Å²) >= 11 is 3.29. The van der Waals surface area contributed by atoms with E-state index in [0.29, 0.717) is 22.5 Å². The average Bonchev–Trinajstić information content (AvgIpc) is 2.59. The van der Waals surface area contributed by atoms with Gasteiger partial charge in [0, 0.05) is 22.2 Å². The Morgan fingerprint density at radius 2 is 1.96 bits per heavy atom. The first kappa shape index (κ1) is 17.7. The van der Waals surface area contributed by atoms with E-state index in [2.05, 4.69) is 26.5 Å². The smallest absolute Gasteiger partial charge is 0.270 e. The van der Waals surface area contributed by atoms with Gasteiger partial charge in [0.15, 0.2) is 11.5 Å². The van der Waals surface area contributed by atoms with E-state index in [-0.39, 0.29) is 5.69 Å². The van der Waals surface area contributed by atoms with Crippen molar-refractivity contribution >= 4 is 27.8 Å². The third-order valence-corrected chi connectivity index (χ3v) is 3.91.